The molecule has 0 saturated carbocycles. The molecule has 8 heteroatoms. The van der Waals surface area contributed by atoms with Gasteiger partial charge in [-0.1, -0.05) is 30.7 Å². The molecular weight excluding hydrogens is 433 g/mol. The van der Waals surface area contributed by atoms with Crippen LogP contribution in [0.4, 0.5) is 0 Å². The summed E-state index contributed by atoms with van der Waals surface area (Å²) in [7, 11) is 0.662. The molecule has 1 aromatic rings. The Kier molecular flexibility index (Phi) is 7.60. The number of phenolic OH excluding ortho intramolecular Hbond substituents is 1. The fraction of sp³-hybridized carbons (Fsp3) is 0.538. The molecule has 0 bridgehead atoms. The Balaban J connectivity index is 1.59. The van der Waals surface area contributed by atoms with Crippen molar-refractivity contribution >= 4 is 25.0 Å². The van der Waals surface area contributed by atoms with Crippen molar-refractivity contribution in [1.29, 1.82) is 0 Å². The number of carbonyl (C=O) groups excluding carboxylic acids is 2. The van der Waals surface area contributed by atoms with E-state index < -0.39 is 13.0 Å². The maximum absolute atomic E-state index is 13.3. The molecule has 1 aromatic carbocycles. The van der Waals surface area contributed by atoms with E-state index in [-0.39, 0.29) is 35.5 Å². The molecule has 0 radical (unpaired) electrons. The van der Waals surface area contributed by atoms with Gasteiger partial charge in [-0.2, -0.15) is 0 Å². The van der Waals surface area contributed by atoms with Crippen molar-refractivity contribution in [2.45, 2.75) is 52.0 Å². The van der Waals surface area contributed by atoms with Gasteiger partial charge in [0.2, 0.25) is 11.8 Å². The highest BCUT2D eigenvalue weighted by Crippen LogP contribution is 2.50. The van der Waals surface area contributed by atoms with Gasteiger partial charge < -0.3 is 19.5 Å². The summed E-state index contributed by atoms with van der Waals surface area (Å²) in [5, 5.41) is 20.3. The minimum atomic E-state index is -0.972. The SMILES string of the molecule is CCCN1C(=O)[C@@H]2[C@@H](CC(COC)=C3[C@@H](CC/C(C)=C/c4cccc(O)c4)OB(O)C[C@@H]32)C1=O. The Hall–Kier alpha value is -2.42. The Morgan fingerprint density at radius 3 is 2.79 bits per heavy atom. The number of hydrogen-bond acceptors (Lipinski definition) is 6. The number of fused-ring (bicyclic) bond motifs is 3. The number of allylic oxidation sites excluding steroid dienone is 1. The number of aromatic hydroxyl groups is 1. The molecule has 3 aliphatic rings. The Morgan fingerprint density at radius 2 is 2.09 bits per heavy atom. The lowest BCUT2D eigenvalue weighted by Gasteiger charge is -2.43. The normalized spacial score (nSPS) is 27.4. The van der Waals surface area contributed by atoms with E-state index in [0.717, 1.165) is 35.1 Å². The maximum Gasteiger partial charge on any atom is 0.455 e. The van der Waals surface area contributed by atoms with Crippen LogP contribution in [0, 0.1) is 17.8 Å². The second-order valence-electron chi connectivity index (χ2n) is 9.70. The standard InChI is InChI=1S/C26H34BNO6/c1-4-10-28-25(30)20-13-18(15-33-3)23-21(24(20)26(28)31)14-27(32)34-22(23)9-8-16(2)11-17-6-5-7-19(29)12-17/h5-7,11-12,20-22,24,29,32H,4,8-10,13-15H2,1-3H3/b16-11+/t20-,21+,22-,24-/m1/s1. The molecule has 0 spiro atoms. The van der Waals surface area contributed by atoms with Gasteiger partial charge in [-0.15, -0.1) is 0 Å². The predicted molar refractivity (Wildman–Crippen MR) is 130 cm³/mol. The van der Waals surface area contributed by atoms with Crippen molar-refractivity contribution < 1.29 is 29.1 Å². The number of nitrogens with zero attached hydrogens (tertiary/aromatic N) is 1. The van der Waals surface area contributed by atoms with Gasteiger partial charge in [0.1, 0.15) is 5.75 Å². The molecule has 2 amide bonds. The van der Waals surface area contributed by atoms with Crippen molar-refractivity contribution in [3.05, 3.63) is 46.5 Å². The van der Waals surface area contributed by atoms with Gasteiger partial charge in [0, 0.05) is 13.7 Å². The van der Waals surface area contributed by atoms with E-state index in [0.29, 0.717) is 32.3 Å². The van der Waals surface area contributed by atoms with Crippen LogP contribution in [0.3, 0.4) is 0 Å². The van der Waals surface area contributed by atoms with Crippen molar-refractivity contribution in [1.82, 2.24) is 4.90 Å². The predicted octanol–water partition coefficient (Wildman–Crippen LogP) is 3.43. The Bertz CT molecular complexity index is 1000. The molecule has 0 unspecified atom stereocenters. The summed E-state index contributed by atoms with van der Waals surface area (Å²) in [6.45, 7) is 4.82. The van der Waals surface area contributed by atoms with E-state index in [9.17, 15) is 19.7 Å². The zero-order chi connectivity index (χ0) is 24.4. The van der Waals surface area contributed by atoms with Crippen LogP contribution in [0.25, 0.3) is 6.08 Å². The molecule has 4 rings (SSSR count). The van der Waals surface area contributed by atoms with Gasteiger partial charge in [0.25, 0.3) is 0 Å². The zero-order valence-electron chi connectivity index (χ0n) is 20.2. The van der Waals surface area contributed by atoms with Crippen molar-refractivity contribution in [3.63, 3.8) is 0 Å². The smallest absolute Gasteiger partial charge is 0.455 e. The topological polar surface area (TPSA) is 96.3 Å². The summed E-state index contributed by atoms with van der Waals surface area (Å²) in [6.07, 6.45) is 4.61. The number of phenols is 1. The van der Waals surface area contributed by atoms with Crippen LogP contribution < -0.4 is 0 Å². The van der Waals surface area contributed by atoms with Gasteiger partial charge in [-0.05, 0) is 73.7 Å². The average Bonchev–Trinajstić information content (AvgIpc) is 3.02. The van der Waals surface area contributed by atoms with Crippen LogP contribution in [-0.4, -0.2) is 60.3 Å². The molecule has 1 aliphatic carbocycles. The van der Waals surface area contributed by atoms with E-state index in [1.54, 1.807) is 19.2 Å². The fourth-order valence-corrected chi connectivity index (χ4v) is 5.91. The highest BCUT2D eigenvalue weighted by Gasteiger charge is 2.57. The number of likely N-dealkylation sites (tertiary alicyclic amines) is 1. The Morgan fingerprint density at radius 1 is 1.29 bits per heavy atom. The summed E-state index contributed by atoms with van der Waals surface area (Å²) in [5.41, 5.74) is 4.11. The lowest BCUT2D eigenvalue weighted by molar-refractivity contribution is -0.140. The highest BCUT2D eigenvalue weighted by molar-refractivity contribution is 6.43. The zero-order valence-corrected chi connectivity index (χ0v) is 20.2. The minimum Gasteiger partial charge on any atom is -0.508 e. The van der Waals surface area contributed by atoms with E-state index >= 15 is 0 Å². The molecule has 2 saturated heterocycles. The molecule has 2 heterocycles. The summed E-state index contributed by atoms with van der Waals surface area (Å²) in [6, 6.07) is 7.10. The molecule has 2 N–H and O–H groups in total. The van der Waals surface area contributed by atoms with Crippen LogP contribution in [0.2, 0.25) is 6.32 Å². The van der Waals surface area contributed by atoms with E-state index in [1.165, 1.54) is 4.90 Å². The quantitative estimate of drug-likeness (QED) is 0.346. The molecule has 182 valence electrons. The number of methoxy groups -OCH3 is 1. The molecule has 34 heavy (non-hydrogen) atoms. The average molecular weight is 467 g/mol. The molecule has 0 aromatic heterocycles. The van der Waals surface area contributed by atoms with E-state index in [2.05, 4.69) is 0 Å². The summed E-state index contributed by atoms with van der Waals surface area (Å²) < 4.78 is 11.5. The lowest BCUT2D eigenvalue weighted by Crippen LogP contribution is -2.46. The molecule has 7 nitrogen and oxygen atoms in total. The Labute approximate surface area is 201 Å². The number of amides is 2. The lowest BCUT2D eigenvalue weighted by atomic mass is 9.58. The first-order chi connectivity index (χ1) is 16.3. The first-order valence-corrected chi connectivity index (χ1v) is 12.2. The third kappa shape index (κ3) is 4.85. The third-order valence-electron chi connectivity index (χ3n) is 7.25. The number of rotatable bonds is 8. The van der Waals surface area contributed by atoms with Gasteiger partial charge >= 0.3 is 7.12 Å². The van der Waals surface area contributed by atoms with E-state index in [4.69, 9.17) is 9.39 Å². The van der Waals surface area contributed by atoms with Crippen LogP contribution in [0.1, 0.15) is 45.1 Å². The second-order valence-corrected chi connectivity index (χ2v) is 9.70. The minimum absolute atomic E-state index is 0.0908. The first kappa shape index (κ1) is 24.7. The highest BCUT2D eigenvalue weighted by atomic mass is 16.5. The van der Waals surface area contributed by atoms with Crippen LogP contribution in [0.5, 0.6) is 5.75 Å². The largest absolute Gasteiger partial charge is 0.508 e. The van der Waals surface area contributed by atoms with Crippen LogP contribution in [-0.2, 0) is 19.0 Å². The van der Waals surface area contributed by atoms with E-state index in [1.807, 2.05) is 32.1 Å². The van der Waals surface area contributed by atoms with Gasteiger partial charge in [-0.25, -0.2) is 0 Å². The number of ether oxygens (including phenoxy) is 1. The molecule has 4 atom stereocenters. The van der Waals surface area contributed by atoms with Crippen LogP contribution >= 0.6 is 0 Å². The molecular formula is C26H34BNO6. The maximum atomic E-state index is 13.3. The summed E-state index contributed by atoms with van der Waals surface area (Å²) in [5.74, 6) is -1.00. The molecule has 2 fully saturated rings. The van der Waals surface area contributed by atoms with Crippen molar-refractivity contribution in [2.75, 3.05) is 20.3 Å². The van der Waals surface area contributed by atoms with Gasteiger partial charge in [0.15, 0.2) is 0 Å². The van der Waals surface area contributed by atoms with Gasteiger partial charge in [0.05, 0.1) is 24.5 Å². The molecule has 2 aliphatic heterocycles. The first-order valence-electron chi connectivity index (χ1n) is 12.2. The number of hydrogen-bond donors (Lipinski definition) is 2. The summed E-state index contributed by atoms with van der Waals surface area (Å²) in [4.78, 5) is 27.7. The number of imide groups is 1. The van der Waals surface area contributed by atoms with Gasteiger partial charge in [-0.3, -0.25) is 14.5 Å². The van der Waals surface area contributed by atoms with Crippen molar-refractivity contribution in [3.8, 4) is 5.75 Å². The third-order valence-corrected chi connectivity index (χ3v) is 7.25. The summed E-state index contributed by atoms with van der Waals surface area (Å²) >= 11 is 0. The van der Waals surface area contributed by atoms with Crippen LogP contribution in [0.15, 0.2) is 41.0 Å². The monoisotopic (exact) mass is 467 g/mol. The second kappa shape index (κ2) is 10.5. The fourth-order valence-electron chi connectivity index (χ4n) is 5.91. The van der Waals surface area contributed by atoms with Crippen molar-refractivity contribution in [2.24, 2.45) is 17.8 Å². The number of carbonyl (C=O) groups is 2. The number of benzene rings is 1.